The van der Waals surface area contributed by atoms with Crippen LogP contribution in [0.5, 0.6) is 0 Å². The van der Waals surface area contributed by atoms with E-state index in [-0.39, 0.29) is 11.8 Å². The lowest BCUT2D eigenvalue weighted by Crippen LogP contribution is -2.38. The van der Waals surface area contributed by atoms with Crippen molar-refractivity contribution in [2.45, 2.75) is 32.1 Å². The van der Waals surface area contributed by atoms with E-state index in [1.165, 1.54) is 16.5 Å². The molecule has 1 unspecified atom stereocenters. The average Bonchev–Trinajstić information content (AvgIpc) is 3.04. The number of para-hydroxylation sites is 1. The molecule has 1 atom stereocenters. The van der Waals surface area contributed by atoms with E-state index >= 15 is 0 Å². The molecule has 0 spiro atoms. The van der Waals surface area contributed by atoms with E-state index in [9.17, 15) is 4.79 Å². The third kappa shape index (κ3) is 3.81. The molecule has 146 valence electrons. The van der Waals surface area contributed by atoms with E-state index in [0.717, 1.165) is 36.5 Å². The van der Waals surface area contributed by atoms with Crippen LogP contribution in [0.15, 0.2) is 54.7 Å². The molecule has 0 saturated carbocycles. The van der Waals surface area contributed by atoms with Crippen LogP contribution >= 0.6 is 11.6 Å². The number of rotatable bonds is 4. The van der Waals surface area contributed by atoms with Crippen molar-refractivity contribution in [2.75, 3.05) is 13.1 Å². The maximum Gasteiger partial charge on any atom is 0.223 e. The molecule has 0 N–H and O–H groups in total. The zero-order valence-electron chi connectivity index (χ0n) is 16.6. The average molecular weight is 395 g/mol. The van der Waals surface area contributed by atoms with Crippen molar-refractivity contribution < 1.29 is 4.79 Å². The van der Waals surface area contributed by atoms with Gasteiger partial charge >= 0.3 is 0 Å². The molecule has 1 aromatic heterocycles. The van der Waals surface area contributed by atoms with Gasteiger partial charge in [-0.15, -0.1) is 0 Å². The van der Waals surface area contributed by atoms with Gasteiger partial charge in [-0.25, -0.2) is 0 Å². The molecule has 1 amide bonds. The Morgan fingerprint density at radius 3 is 2.50 bits per heavy atom. The Morgan fingerprint density at radius 1 is 1.11 bits per heavy atom. The number of carbonyl (C=O) groups excluding carboxylic acids is 1. The second-order valence-corrected chi connectivity index (χ2v) is 8.52. The summed E-state index contributed by atoms with van der Waals surface area (Å²) in [6.45, 7) is 4.03. The van der Waals surface area contributed by atoms with Crippen LogP contribution in [0.1, 0.15) is 43.2 Å². The van der Waals surface area contributed by atoms with Gasteiger partial charge in [0.2, 0.25) is 5.91 Å². The highest BCUT2D eigenvalue weighted by molar-refractivity contribution is 6.30. The van der Waals surface area contributed by atoms with E-state index in [0.29, 0.717) is 12.3 Å². The van der Waals surface area contributed by atoms with Gasteiger partial charge in [-0.1, -0.05) is 48.9 Å². The third-order valence-electron chi connectivity index (χ3n) is 6.09. The fraction of sp³-hybridized carbons (Fsp3) is 0.375. The molecule has 1 aliphatic heterocycles. The summed E-state index contributed by atoms with van der Waals surface area (Å²) in [5.41, 5.74) is 3.54. The van der Waals surface area contributed by atoms with Crippen molar-refractivity contribution in [1.29, 1.82) is 0 Å². The van der Waals surface area contributed by atoms with Crippen molar-refractivity contribution in [1.82, 2.24) is 9.47 Å². The number of halogens is 1. The molecule has 2 aromatic carbocycles. The van der Waals surface area contributed by atoms with Crippen LogP contribution in [-0.4, -0.2) is 28.5 Å². The topological polar surface area (TPSA) is 25.2 Å². The number of aryl methyl sites for hydroxylation is 1. The van der Waals surface area contributed by atoms with E-state index in [1.54, 1.807) is 0 Å². The summed E-state index contributed by atoms with van der Waals surface area (Å²) in [4.78, 5) is 15.2. The van der Waals surface area contributed by atoms with E-state index < -0.39 is 0 Å². The Labute approximate surface area is 171 Å². The second kappa shape index (κ2) is 8.00. The monoisotopic (exact) mass is 394 g/mol. The van der Waals surface area contributed by atoms with Crippen LogP contribution in [0, 0.1) is 5.92 Å². The minimum absolute atomic E-state index is 0.0233. The van der Waals surface area contributed by atoms with Crippen molar-refractivity contribution in [3.63, 3.8) is 0 Å². The largest absolute Gasteiger partial charge is 0.350 e. The molecule has 0 radical (unpaired) electrons. The summed E-state index contributed by atoms with van der Waals surface area (Å²) < 4.78 is 2.15. The summed E-state index contributed by atoms with van der Waals surface area (Å²) in [6, 6.07) is 16.4. The molecule has 1 fully saturated rings. The highest BCUT2D eigenvalue weighted by Gasteiger charge is 2.26. The first-order valence-corrected chi connectivity index (χ1v) is 10.5. The standard InChI is InChI=1S/C24H27ClN2O/c1-17-11-13-27(14-12-17)24(28)15-21(18-7-9-19(25)10-8-18)22-16-26(2)23-6-4-3-5-20(22)23/h3-10,16-17,21H,11-15H2,1-2H3. The van der Waals surface area contributed by atoms with Crippen molar-refractivity contribution in [3.8, 4) is 0 Å². The predicted octanol–water partition coefficient (Wildman–Crippen LogP) is 5.61. The van der Waals surface area contributed by atoms with Gasteiger partial charge in [0, 0.05) is 54.6 Å². The molecule has 0 bridgehead atoms. The fourth-order valence-corrected chi connectivity index (χ4v) is 4.44. The van der Waals surface area contributed by atoms with Crippen LogP contribution in [0.25, 0.3) is 10.9 Å². The first kappa shape index (κ1) is 19.1. The highest BCUT2D eigenvalue weighted by Crippen LogP contribution is 2.35. The Balaban J connectivity index is 1.70. The summed E-state index contributed by atoms with van der Waals surface area (Å²) in [5, 5.41) is 1.93. The van der Waals surface area contributed by atoms with Gasteiger partial charge < -0.3 is 9.47 Å². The van der Waals surface area contributed by atoms with Crippen molar-refractivity contribution in [3.05, 3.63) is 70.9 Å². The van der Waals surface area contributed by atoms with E-state index in [2.05, 4.69) is 61.1 Å². The van der Waals surface area contributed by atoms with Crippen molar-refractivity contribution >= 4 is 28.4 Å². The summed E-state index contributed by atoms with van der Waals surface area (Å²) in [5.74, 6) is 0.990. The lowest BCUT2D eigenvalue weighted by molar-refractivity contribution is -0.132. The predicted molar refractivity (Wildman–Crippen MR) is 116 cm³/mol. The first-order valence-electron chi connectivity index (χ1n) is 10.1. The molecular weight excluding hydrogens is 368 g/mol. The zero-order valence-corrected chi connectivity index (χ0v) is 17.3. The number of aromatic nitrogens is 1. The number of likely N-dealkylation sites (tertiary alicyclic amines) is 1. The number of piperidine rings is 1. The van der Waals surface area contributed by atoms with Crippen molar-refractivity contribution in [2.24, 2.45) is 13.0 Å². The van der Waals surface area contributed by atoms with Crippen LogP contribution < -0.4 is 0 Å². The quantitative estimate of drug-likeness (QED) is 0.564. The molecule has 1 saturated heterocycles. The zero-order chi connectivity index (χ0) is 19.7. The van der Waals surface area contributed by atoms with Gasteiger partial charge in [-0.3, -0.25) is 4.79 Å². The number of fused-ring (bicyclic) bond motifs is 1. The molecule has 4 heteroatoms. The Morgan fingerprint density at radius 2 is 1.79 bits per heavy atom. The van der Waals surface area contributed by atoms with Gasteiger partial charge in [-0.05, 0) is 48.1 Å². The van der Waals surface area contributed by atoms with Crippen LogP contribution in [0.2, 0.25) is 5.02 Å². The molecule has 3 aromatic rings. The van der Waals surface area contributed by atoms with Gasteiger partial charge in [-0.2, -0.15) is 0 Å². The second-order valence-electron chi connectivity index (χ2n) is 8.08. The maximum absolute atomic E-state index is 13.2. The molecular formula is C24H27ClN2O. The van der Waals surface area contributed by atoms with Gasteiger partial charge in [0.05, 0.1) is 0 Å². The van der Waals surface area contributed by atoms with E-state index in [4.69, 9.17) is 11.6 Å². The molecule has 28 heavy (non-hydrogen) atoms. The third-order valence-corrected chi connectivity index (χ3v) is 6.34. The highest BCUT2D eigenvalue weighted by atomic mass is 35.5. The number of hydrogen-bond acceptors (Lipinski definition) is 1. The minimum Gasteiger partial charge on any atom is -0.350 e. The van der Waals surface area contributed by atoms with Gasteiger partial charge in [0.25, 0.3) is 0 Å². The van der Waals surface area contributed by atoms with Crippen LogP contribution in [0.4, 0.5) is 0 Å². The summed E-state index contributed by atoms with van der Waals surface area (Å²) in [6.07, 6.45) is 4.87. The van der Waals surface area contributed by atoms with Gasteiger partial charge in [0.15, 0.2) is 0 Å². The fourth-order valence-electron chi connectivity index (χ4n) is 4.31. The lowest BCUT2D eigenvalue weighted by Gasteiger charge is -2.31. The normalized spacial score (nSPS) is 16.5. The first-order chi connectivity index (χ1) is 13.5. The molecule has 0 aliphatic carbocycles. The lowest BCUT2D eigenvalue weighted by atomic mass is 9.87. The van der Waals surface area contributed by atoms with Gasteiger partial charge in [0.1, 0.15) is 0 Å². The molecule has 2 heterocycles. The smallest absolute Gasteiger partial charge is 0.223 e. The number of hydrogen-bond donors (Lipinski definition) is 0. The number of carbonyl (C=O) groups is 1. The number of nitrogens with zero attached hydrogens (tertiary/aromatic N) is 2. The maximum atomic E-state index is 13.2. The molecule has 4 rings (SSSR count). The number of amides is 1. The Kier molecular flexibility index (Phi) is 5.45. The van der Waals surface area contributed by atoms with Crippen LogP contribution in [0.3, 0.4) is 0 Å². The van der Waals surface area contributed by atoms with Crippen LogP contribution in [-0.2, 0) is 11.8 Å². The minimum atomic E-state index is 0.0233. The Hall–Kier alpha value is -2.26. The summed E-state index contributed by atoms with van der Waals surface area (Å²) >= 11 is 6.12. The number of benzene rings is 2. The van der Waals surface area contributed by atoms with E-state index in [1.807, 2.05) is 17.0 Å². The molecule has 1 aliphatic rings. The molecule has 3 nitrogen and oxygen atoms in total. The summed E-state index contributed by atoms with van der Waals surface area (Å²) in [7, 11) is 2.07. The SMILES string of the molecule is CC1CCN(C(=O)CC(c2ccc(Cl)cc2)c2cn(C)c3ccccc23)CC1. The Bertz CT molecular complexity index is 968.